The number of carbonyl (C=O) groups is 1. The number of oxazole rings is 1. The molecule has 0 aliphatic carbocycles. The molecule has 2 aromatic rings. The number of piperidine rings is 1. The van der Waals surface area contributed by atoms with Crippen LogP contribution in [0.2, 0.25) is 0 Å². The molecule has 4 rings (SSSR count). The van der Waals surface area contributed by atoms with Gasteiger partial charge in [0.15, 0.2) is 5.89 Å². The summed E-state index contributed by atoms with van der Waals surface area (Å²) in [5, 5.41) is 0. The summed E-state index contributed by atoms with van der Waals surface area (Å²) >= 11 is 0. The first-order chi connectivity index (χ1) is 13.9. The SMILES string of the molecule is Cc1nc(C)c(C(=O)N2CCC(c3nc(C)c(C)c(N4CCOCC4)n3)CC2)o1. The molecule has 2 aromatic heterocycles. The Balaban J connectivity index is 1.47. The molecule has 29 heavy (non-hydrogen) atoms. The maximum atomic E-state index is 12.8. The number of carbonyl (C=O) groups excluding carboxylic acids is 1. The Bertz CT molecular complexity index is 896. The average molecular weight is 399 g/mol. The Morgan fingerprint density at radius 1 is 0.931 bits per heavy atom. The molecule has 1 amide bonds. The molecule has 0 atom stereocenters. The Kier molecular flexibility index (Phi) is 5.54. The van der Waals surface area contributed by atoms with Crippen LogP contribution in [0.15, 0.2) is 4.42 Å². The second-order valence-corrected chi connectivity index (χ2v) is 7.93. The highest BCUT2D eigenvalue weighted by Gasteiger charge is 2.30. The molecule has 0 spiro atoms. The highest BCUT2D eigenvalue weighted by atomic mass is 16.5. The molecule has 0 N–H and O–H groups in total. The monoisotopic (exact) mass is 399 g/mol. The Hall–Kier alpha value is -2.48. The third-order valence-electron chi connectivity index (χ3n) is 5.94. The number of anilines is 1. The van der Waals surface area contributed by atoms with E-state index in [9.17, 15) is 4.79 Å². The van der Waals surface area contributed by atoms with Gasteiger partial charge in [0.1, 0.15) is 11.6 Å². The van der Waals surface area contributed by atoms with E-state index in [2.05, 4.69) is 23.7 Å². The van der Waals surface area contributed by atoms with Crippen LogP contribution in [0.1, 0.15) is 58.0 Å². The average Bonchev–Trinajstić information content (AvgIpc) is 3.08. The molecule has 2 aliphatic heterocycles. The Morgan fingerprint density at radius 3 is 2.24 bits per heavy atom. The van der Waals surface area contributed by atoms with Gasteiger partial charge in [0.25, 0.3) is 5.91 Å². The van der Waals surface area contributed by atoms with Crippen molar-refractivity contribution in [1.82, 2.24) is 19.9 Å². The maximum absolute atomic E-state index is 12.8. The van der Waals surface area contributed by atoms with Gasteiger partial charge in [-0.2, -0.15) is 0 Å². The zero-order valence-corrected chi connectivity index (χ0v) is 17.7. The molecule has 0 saturated carbocycles. The summed E-state index contributed by atoms with van der Waals surface area (Å²) in [5.74, 6) is 3.00. The molecular weight excluding hydrogens is 370 g/mol. The molecule has 2 aliphatic rings. The normalized spacial score (nSPS) is 18.3. The lowest BCUT2D eigenvalue weighted by atomic mass is 9.95. The number of nitrogens with zero attached hydrogens (tertiary/aromatic N) is 5. The van der Waals surface area contributed by atoms with Crippen molar-refractivity contribution >= 4 is 11.7 Å². The summed E-state index contributed by atoms with van der Waals surface area (Å²) in [6, 6.07) is 0. The van der Waals surface area contributed by atoms with Crippen molar-refractivity contribution in [2.45, 2.75) is 46.5 Å². The first-order valence-corrected chi connectivity index (χ1v) is 10.3. The molecule has 2 fully saturated rings. The van der Waals surface area contributed by atoms with Crippen molar-refractivity contribution < 1.29 is 13.9 Å². The van der Waals surface area contributed by atoms with Crippen LogP contribution >= 0.6 is 0 Å². The quantitative estimate of drug-likeness (QED) is 0.784. The predicted octanol–water partition coefficient (Wildman–Crippen LogP) is 2.55. The predicted molar refractivity (Wildman–Crippen MR) is 108 cm³/mol. The number of aryl methyl sites for hydroxylation is 3. The largest absolute Gasteiger partial charge is 0.436 e. The number of likely N-dealkylation sites (tertiary alicyclic amines) is 1. The van der Waals surface area contributed by atoms with E-state index in [1.807, 2.05) is 11.8 Å². The van der Waals surface area contributed by atoms with Gasteiger partial charge < -0.3 is 19.0 Å². The topological polar surface area (TPSA) is 84.6 Å². The van der Waals surface area contributed by atoms with Crippen LogP contribution in [0, 0.1) is 27.7 Å². The Labute approximate surface area is 171 Å². The minimum atomic E-state index is -0.0726. The van der Waals surface area contributed by atoms with E-state index in [-0.39, 0.29) is 11.8 Å². The van der Waals surface area contributed by atoms with Crippen LogP contribution in [0.4, 0.5) is 5.82 Å². The number of ether oxygens (including phenoxy) is 1. The second-order valence-electron chi connectivity index (χ2n) is 7.93. The van der Waals surface area contributed by atoms with E-state index < -0.39 is 0 Å². The summed E-state index contributed by atoms with van der Waals surface area (Å²) in [6.45, 7) is 12.3. The number of hydrogen-bond donors (Lipinski definition) is 0. The first-order valence-electron chi connectivity index (χ1n) is 10.3. The molecule has 0 aromatic carbocycles. The minimum Gasteiger partial charge on any atom is -0.436 e. The van der Waals surface area contributed by atoms with Gasteiger partial charge >= 0.3 is 0 Å². The molecule has 8 heteroatoms. The zero-order chi connectivity index (χ0) is 20.5. The van der Waals surface area contributed by atoms with Crippen molar-refractivity contribution in [1.29, 1.82) is 0 Å². The van der Waals surface area contributed by atoms with Gasteiger partial charge in [-0.15, -0.1) is 0 Å². The van der Waals surface area contributed by atoms with Gasteiger partial charge in [-0.1, -0.05) is 0 Å². The summed E-state index contributed by atoms with van der Waals surface area (Å²) in [5.41, 5.74) is 2.82. The molecule has 0 unspecified atom stereocenters. The number of morpholine rings is 1. The van der Waals surface area contributed by atoms with Gasteiger partial charge in [0.05, 0.1) is 18.9 Å². The fourth-order valence-corrected chi connectivity index (χ4v) is 4.11. The van der Waals surface area contributed by atoms with Crippen LogP contribution in [0.3, 0.4) is 0 Å². The number of hydrogen-bond acceptors (Lipinski definition) is 7. The van der Waals surface area contributed by atoms with Gasteiger partial charge in [-0.25, -0.2) is 15.0 Å². The third kappa shape index (κ3) is 3.99. The van der Waals surface area contributed by atoms with Crippen molar-refractivity contribution in [3.8, 4) is 0 Å². The van der Waals surface area contributed by atoms with E-state index in [0.717, 1.165) is 62.0 Å². The minimum absolute atomic E-state index is 0.0726. The number of aromatic nitrogens is 3. The maximum Gasteiger partial charge on any atom is 0.291 e. The van der Waals surface area contributed by atoms with Crippen LogP contribution in [0.5, 0.6) is 0 Å². The smallest absolute Gasteiger partial charge is 0.291 e. The first kappa shape index (κ1) is 19.8. The highest BCUT2D eigenvalue weighted by Crippen LogP contribution is 2.30. The standard InChI is InChI=1S/C21H29N5O3/c1-13-14(2)23-19(24-20(13)25-9-11-28-12-10-25)17-5-7-26(8-6-17)21(27)18-15(3)22-16(4)29-18/h17H,5-12H2,1-4H3. The lowest BCUT2D eigenvalue weighted by Gasteiger charge is -2.33. The molecule has 0 bridgehead atoms. The van der Waals surface area contributed by atoms with Crippen LogP contribution in [-0.2, 0) is 4.74 Å². The van der Waals surface area contributed by atoms with Crippen molar-refractivity contribution in [3.63, 3.8) is 0 Å². The fourth-order valence-electron chi connectivity index (χ4n) is 4.11. The van der Waals surface area contributed by atoms with Crippen LogP contribution in [0.25, 0.3) is 0 Å². The molecule has 156 valence electrons. The summed E-state index contributed by atoms with van der Waals surface area (Å²) in [7, 11) is 0. The fraction of sp³-hybridized carbons (Fsp3) is 0.619. The van der Waals surface area contributed by atoms with Crippen LogP contribution < -0.4 is 4.90 Å². The van der Waals surface area contributed by atoms with E-state index in [4.69, 9.17) is 19.1 Å². The third-order valence-corrected chi connectivity index (χ3v) is 5.94. The zero-order valence-electron chi connectivity index (χ0n) is 17.7. The Morgan fingerprint density at radius 2 is 1.62 bits per heavy atom. The van der Waals surface area contributed by atoms with E-state index in [0.29, 0.717) is 30.4 Å². The molecule has 4 heterocycles. The molecular formula is C21H29N5O3. The van der Waals surface area contributed by atoms with Crippen LogP contribution in [-0.4, -0.2) is 65.2 Å². The summed E-state index contributed by atoms with van der Waals surface area (Å²) in [6.07, 6.45) is 1.70. The van der Waals surface area contributed by atoms with Gasteiger partial charge in [0.2, 0.25) is 5.76 Å². The van der Waals surface area contributed by atoms with Gasteiger partial charge in [-0.05, 0) is 33.6 Å². The van der Waals surface area contributed by atoms with E-state index >= 15 is 0 Å². The van der Waals surface area contributed by atoms with E-state index in [1.54, 1.807) is 6.92 Å². The molecule has 8 nitrogen and oxygen atoms in total. The molecule has 2 saturated heterocycles. The van der Waals surface area contributed by atoms with Crippen molar-refractivity contribution in [2.75, 3.05) is 44.3 Å². The van der Waals surface area contributed by atoms with E-state index in [1.165, 1.54) is 0 Å². The van der Waals surface area contributed by atoms with Crippen molar-refractivity contribution in [3.05, 3.63) is 34.4 Å². The van der Waals surface area contributed by atoms with Crippen molar-refractivity contribution in [2.24, 2.45) is 0 Å². The number of rotatable bonds is 3. The highest BCUT2D eigenvalue weighted by molar-refractivity contribution is 5.92. The van der Waals surface area contributed by atoms with Gasteiger partial charge in [-0.3, -0.25) is 4.79 Å². The lowest BCUT2D eigenvalue weighted by molar-refractivity contribution is 0.0676. The van der Waals surface area contributed by atoms with Gasteiger partial charge in [0, 0.05) is 50.3 Å². The lowest BCUT2D eigenvalue weighted by Crippen LogP contribution is -2.39. The second kappa shape index (κ2) is 8.10. The molecule has 0 radical (unpaired) electrons. The number of amides is 1. The summed E-state index contributed by atoms with van der Waals surface area (Å²) < 4.78 is 11.0. The summed E-state index contributed by atoms with van der Waals surface area (Å²) in [4.78, 5) is 30.9.